The summed E-state index contributed by atoms with van der Waals surface area (Å²) in [4.78, 5) is 0. The Kier molecular flexibility index (Phi) is 19.0. The van der Waals surface area contributed by atoms with Gasteiger partial charge in [-0.25, -0.2) is 0 Å². The van der Waals surface area contributed by atoms with E-state index >= 15 is 0 Å². The first-order chi connectivity index (χ1) is 8.91. The van der Waals surface area contributed by atoms with E-state index in [-0.39, 0.29) is 0 Å². The van der Waals surface area contributed by atoms with Gasteiger partial charge in [0, 0.05) is 0 Å². The van der Waals surface area contributed by atoms with Gasteiger partial charge >= 0.3 is 102 Å². The minimum atomic E-state index is 1.38. The summed E-state index contributed by atoms with van der Waals surface area (Å²) >= 11 is 1.41. The molecular formula is C17H35Na. The molecule has 0 amide bonds. The predicted octanol–water partition coefficient (Wildman–Crippen LogP) is 6.44. The summed E-state index contributed by atoms with van der Waals surface area (Å²) in [6.45, 7) is 2.30. The Morgan fingerprint density at radius 2 is 0.722 bits per heavy atom. The summed E-state index contributed by atoms with van der Waals surface area (Å²) in [5, 5.41) is 0. The van der Waals surface area contributed by atoms with E-state index in [1.165, 1.54) is 128 Å². The van der Waals surface area contributed by atoms with Crippen molar-refractivity contribution in [2.75, 3.05) is 0 Å². The third-order valence-electron chi connectivity index (χ3n) is 3.96. The molecule has 0 heterocycles. The van der Waals surface area contributed by atoms with E-state index in [9.17, 15) is 0 Å². The van der Waals surface area contributed by atoms with Crippen molar-refractivity contribution >= 4 is 27.9 Å². The Morgan fingerprint density at radius 1 is 0.444 bits per heavy atom. The molecular weight excluding hydrogens is 227 g/mol. The second-order valence-corrected chi connectivity index (χ2v) is 6.95. The Labute approximate surface area is 134 Å². The molecule has 0 aliphatic heterocycles. The molecule has 0 saturated carbocycles. The zero-order valence-electron chi connectivity index (χ0n) is 13.3. The summed E-state index contributed by atoms with van der Waals surface area (Å²) in [6, 6.07) is 0. The van der Waals surface area contributed by atoms with Gasteiger partial charge in [-0.3, -0.25) is 0 Å². The van der Waals surface area contributed by atoms with Crippen molar-refractivity contribution in [2.45, 2.75) is 107 Å². The first-order valence-electron chi connectivity index (χ1n) is 8.91. The van der Waals surface area contributed by atoms with Crippen LogP contribution in [-0.4, -0.2) is 27.9 Å². The fourth-order valence-electron chi connectivity index (χ4n) is 2.62. The molecule has 0 spiro atoms. The molecule has 0 bridgehead atoms. The zero-order valence-corrected chi connectivity index (χ0v) is 15.3. The van der Waals surface area contributed by atoms with Crippen LogP contribution in [0.15, 0.2) is 0 Å². The molecule has 0 fully saturated rings. The van der Waals surface area contributed by atoms with Gasteiger partial charge in [-0.2, -0.15) is 0 Å². The molecule has 1 heteroatoms. The third-order valence-corrected chi connectivity index (χ3v) is 4.66. The van der Waals surface area contributed by atoms with Crippen LogP contribution < -0.4 is 0 Å². The molecule has 0 atom stereocenters. The van der Waals surface area contributed by atoms with Crippen LogP contribution in [0.1, 0.15) is 103 Å². The van der Waals surface area contributed by atoms with Gasteiger partial charge in [0.25, 0.3) is 0 Å². The van der Waals surface area contributed by atoms with E-state index < -0.39 is 0 Å². The molecule has 0 N–H and O–H groups in total. The number of hydrogen-bond donors (Lipinski definition) is 0. The van der Waals surface area contributed by atoms with Crippen LogP contribution in [0.3, 0.4) is 0 Å². The average Bonchev–Trinajstić information content (AvgIpc) is 2.39. The second kappa shape index (κ2) is 18.0. The molecule has 0 aliphatic carbocycles. The maximum absolute atomic E-state index is 2.30. The first-order valence-corrected chi connectivity index (χ1v) is 10.3. The van der Waals surface area contributed by atoms with Gasteiger partial charge in [-0.1, -0.05) is 32.6 Å². The number of hydrogen-bond acceptors (Lipinski definition) is 0. The summed E-state index contributed by atoms with van der Waals surface area (Å²) in [5.74, 6) is 0. The Hall–Kier alpha value is 1.00. The van der Waals surface area contributed by atoms with Crippen molar-refractivity contribution in [1.29, 1.82) is 0 Å². The van der Waals surface area contributed by atoms with Crippen molar-refractivity contribution in [3.63, 3.8) is 0 Å². The van der Waals surface area contributed by atoms with Crippen LogP contribution >= 0.6 is 0 Å². The molecule has 104 valence electrons. The van der Waals surface area contributed by atoms with Crippen molar-refractivity contribution in [1.82, 2.24) is 0 Å². The molecule has 0 rings (SSSR count). The molecule has 0 aromatic rings. The van der Waals surface area contributed by atoms with Crippen LogP contribution in [0, 0.1) is 0 Å². The molecule has 0 nitrogen and oxygen atoms in total. The topological polar surface area (TPSA) is 0 Å². The summed E-state index contributed by atoms with van der Waals surface area (Å²) in [5.41, 5.74) is 0. The molecule has 0 aliphatic rings. The summed E-state index contributed by atoms with van der Waals surface area (Å²) < 4.78 is 1.51. The number of rotatable bonds is 15. The normalized spacial score (nSPS) is 11.1. The van der Waals surface area contributed by atoms with Gasteiger partial charge in [0.2, 0.25) is 0 Å². The van der Waals surface area contributed by atoms with Crippen LogP contribution in [0.25, 0.3) is 0 Å². The maximum atomic E-state index is 2.30. The fourth-order valence-corrected chi connectivity index (χ4v) is 3.12. The van der Waals surface area contributed by atoms with Gasteiger partial charge in [-0.15, -0.1) is 0 Å². The number of unbranched alkanes of at least 4 members (excludes halogenated alkanes) is 14. The average molecular weight is 262 g/mol. The van der Waals surface area contributed by atoms with Crippen molar-refractivity contribution in [3.05, 3.63) is 0 Å². The van der Waals surface area contributed by atoms with Gasteiger partial charge in [0.1, 0.15) is 0 Å². The fraction of sp³-hybridized carbons (Fsp3) is 1.00. The Balaban J connectivity index is 2.86. The first kappa shape index (κ1) is 19.0. The molecule has 0 aromatic carbocycles. The van der Waals surface area contributed by atoms with E-state index in [0.717, 1.165) is 0 Å². The van der Waals surface area contributed by atoms with E-state index in [0.29, 0.717) is 0 Å². The molecule has 0 saturated heterocycles. The molecule has 0 unspecified atom stereocenters. The summed E-state index contributed by atoms with van der Waals surface area (Å²) in [6.07, 6.45) is 22.2. The van der Waals surface area contributed by atoms with Gasteiger partial charge < -0.3 is 0 Å². The third kappa shape index (κ3) is 17.0. The molecule has 0 radical (unpaired) electrons. The zero-order chi connectivity index (χ0) is 13.3. The van der Waals surface area contributed by atoms with E-state index in [1.807, 2.05) is 0 Å². The van der Waals surface area contributed by atoms with E-state index in [1.54, 1.807) is 0 Å². The SMILES string of the molecule is CCCCCCCCCCCCCCCC[CH2][Na]. The van der Waals surface area contributed by atoms with Crippen LogP contribution in [0.5, 0.6) is 0 Å². The van der Waals surface area contributed by atoms with Crippen molar-refractivity contribution in [2.24, 2.45) is 0 Å². The Morgan fingerprint density at radius 3 is 1.00 bits per heavy atom. The van der Waals surface area contributed by atoms with Gasteiger partial charge in [0.05, 0.1) is 0 Å². The van der Waals surface area contributed by atoms with E-state index in [4.69, 9.17) is 0 Å². The van der Waals surface area contributed by atoms with Gasteiger partial charge in [0.15, 0.2) is 0 Å². The predicted molar refractivity (Wildman–Crippen MR) is 85.5 cm³/mol. The standard InChI is InChI=1S/C17H35.Na/c1-3-5-7-9-11-13-15-17-16-14-12-10-8-6-4-2;/h1,3-17H2,2H3;. The summed E-state index contributed by atoms with van der Waals surface area (Å²) in [7, 11) is 0. The van der Waals surface area contributed by atoms with E-state index in [2.05, 4.69) is 6.92 Å². The quantitative estimate of drug-likeness (QED) is 0.235. The van der Waals surface area contributed by atoms with Crippen LogP contribution in [-0.2, 0) is 0 Å². The van der Waals surface area contributed by atoms with Crippen LogP contribution in [0.4, 0.5) is 0 Å². The Bertz CT molecular complexity index is 118. The van der Waals surface area contributed by atoms with Gasteiger partial charge in [-0.05, 0) is 0 Å². The monoisotopic (exact) mass is 262 g/mol. The second-order valence-electron chi connectivity index (χ2n) is 5.95. The van der Waals surface area contributed by atoms with Crippen LogP contribution in [0.2, 0.25) is 3.67 Å². The molecule has 0 aromatic heterocycles. The van der Waals surface area contributed by atoms with Crippen molar-refractivity contribution in [3.8, 4) is 0 Å². The van der Waals surface area contributed by atoms with Crippen molar-refractivity contribution < 1.29 is 0 Å². The minimum absolute atomic E-state index is 1.38. The molecule has 18 heavy (non-hydrogen) atoms.